The summed E-state index contributed by atoms with van der Waals surface area (Å²) in [6.07, 6.45) is -5.68. The van der Waals surface area contributed by atoms with Gasteiger partial charge in [-0.3, -0.25) is 9.79 Å². The second kappa shape index (κ2) is 11.6. The van der Waals surface area contributed by atoms with Gasteiger partial charge in [-0.15, -0.1) is 0 Å². The van der Waals surface area contributed by atoms with Crippen LogP contribution < -0.4 is 20.4 Å². The van der Waals surface area contributed by atoms with Gasteiger partial charge in [0, 0.05) is 50.6 Å². The number of hydrogen-bond donors (Lipinski definition) is 4. The van der Waals surface area contributed by atoms with E-state index in [-0.39, 0.29) is 0 Å². The van der Waals surface area contributed by atoms with Crippen LogP contribution in [0.5, 0.6) is 0 Å². The molecule has 0 aromatic rings. The van der Waals surface area contributed by atoms with Crippen LogP contribution in [0.2, 0.25) is 0 Å². The third-order valence-corrected chi connectivity index (χ3v) is 3.67. The van der Waals surface area contributed by atoms with Gasteiger partial charge in [-0.1, -0.05) is 0 Å². The Morgan fingerprint density at radius 3 is 1.42 bits per heavy atom. The number of aliphatic hydroxyl groups is 2. The van der Waals surface area contributed by atoms with E-state index in [1.807, 2.05) is 0 Å². The van der Waals surface area contributed by atoms with Gasteiger partial charge in [0.1, 0.15) is 0 Å². The fourth-order valence-electron chi connectivity index (χ4n) is 2.08. The minimum atomic E-state index is -2.98. The van der Waals surface area contributed by atoms with Crippen LogP contribution >= 0.6 is 0 Å². The average molecular weight is 446 g/mol. The Hall–Kier alpha value is -3.59. The van der Waals surface area contributed by atoms with Crippen LogP contribution in [-0.4, -0.2) is 86.2 Å². The molecule has 0 aliphatic carbocycles. The molecule has 0 aliphatic rings. The monoisotopic (exact) mass is 446 g/mol. The van der Waals surface area contributed by atoms with Crippen molar-refractivity contribution in [3.8, 4) is 0 Å². The van der Waals surface area contributed by atoms with Crippen LogP contribution in [0.3, 0.4) is 0 Å². The van der Waals surface area contributed by atoms with Crippen molar-refractivity contribution in [2.45, 2.75) is 43.3 Å². The largest absolute Gasteiger partial charge is 0.862 e. The van der Waals surface area contributed by atoms with Crippen molar-refractivity contribution in [1.29, 1.82) is 0 Å². The lowest BCUT2D eigenvalue weighted by molar-refractivity contribution is -0.310. The first kappa shape index (κ1) is 27.4. The SMILES string of the molecule is O=C([O-])C[C@](O)(CC([O-])=NCCC(=O)CN=C([O-])C[C@@](O)(CC(=O)[O-])C(=O)O)C(=O)O. The van der Waals surface area contributed by atoms with E-state index in [0.717, 1.165) is 0 Å². The highest BCUT2D eigenvalue weighted by Crippen LogP contribution is 2.16. The summed E-state index contributed by atoms with van der Waals surface area (Å²) in [6.45, 7) is -1.33. The molecule has 15 nitrogen and oxygen atoms in total. The molecule has 0 saturated heterocycles. The number of rotatable bonds is 15. The molecule has 0 spiro atoms. The lowest BCUT2D eigenvalue weighted by atomic mass is 9.95. The van der Waals surface area contributed by atoms with E-state index in [9.17, 15) is 54.6 Å². The first-order valence-corrected chi connectivity index (χ1v) is 8.35. The summed E-state index contributed by atoms with van der Waals surface area (Å²) in [5.41, 5.74) is -5.92. The molecule has 0 heterocycles. The lowest BCUT2D eigenvalue weighted by Gasteiger charge is -2.26. The molecule has 0 aliphatic heterocycles. The summed E-state index contributed by atoms with van der Waals surface area (Å²) in [4.78, 5) is 60.8. The number of aliphatic imine (C=N–C) groups is 2. The van der Waals surface area contributed by atoms with E-state index in [4.69, 9.17) is 10.2 Å². The molecule has 0 fully saturated rings. The Labute approximate surface area is 173 Å². The van der Waals surface area contributed by atoms with Gasteiger partial charge in [0.15, 0.2) is 17.0 Å². The summed E-state index contributed by atoms with van der Waals surface area (Å²) >= 11 is 0. The van der Waals surface area contributed by atoms with Gasteiger partial charge in [0.2, 0.25) is 0 Å². The standard InChI is InChI=1S/C16H22N2O13/c19-8(7-18-10(21)4-16(31,14(28)29)6-12(24)25)1-2-17-9(20)3-15(30,13(26)27)5-11(22)23/h30-31H,1-7H2,(H,17,20)(H,18,21)(H,22,23)(H,24,25)(H,26,27)(H,28,29)/p-4/t15-,16-/m1/s1. The van der Waals surface area contributed by atoms with Crippen molar-refractivity contribution < 1.29 is 64.8 Å². The van der Waals surface area contributed by atoms with Gasteiger partial charge in [-0.2, -0.15) is 0 Å². The number of aliphatic carboxylic acids is 4. The van der Waals surface area contributed by atoms with Gasteiger partial charge in [-0.05, 0) is 11.8 Å². The molecule has 0 bridgehead atoms. The smallest absolute Gasteiger partial charge is 0.336 e. The molecule has 0 unspecified atom stereocenters. The summed E-state index contributed by atoms with van der Waals surface area (Å²) in [5.74, 6) is -11.2. The molecular weight excluding hydrogens is 428 g/mol. The fraction of sp³-hybridized carbons (Fsp3) is 0.562. The molecule has 0 amide bonds. The van der Waals surface area contributed by atoms with Gasteiger partial charge in [-0.25, -0.2) is 9.59 Å². The normalized spacial score (nSPS) is 16.1. The van der Waals surface area contributed by atoms with Crippen molar-refractivity contribution in [1.82, 2.24) is 0 Å². The van der Waals surface area contributed by atoms with Crippen LogP contribution in [0, 0.1) is 0 Å². The maximum absolute atomic E-state index is 11.6. The third kappa shape index (κ3) is 10.1. The molecule has 0 aromatic heterocycles. The average Bonchev–Trinajstić information content (AvgIpc) is 2.58. The van der Waals surface area contributed by atoms with Crippen LogP contribution in [0.25, 0.3) is 0 Å². The number of ketones is 1. The predicted octanol–water partition coefficient (Wildman–Crippen LogP) is -6.85. The van der Waals surface area contributed by atoms with Crippen LogP contribution in [0.15, 0.2) is 9.98 Å². The topological polar surface area (TPSA) is 283 Å². The van der Waals surface area contributed by atoms with Gasteiger partial charge >= 0.3 is 11.9 Å². The van der Waals surface area contributed by atoms with Crippen LogP contribution in [0.1, 0.15) is 32.1 Å². The van der Waals surface area contributed by atoms with Gasteiger partial charge in [0.25, 0.3) is 0 Å². The number of hydrogen-bond acceptors (Lipinski definition) is 13. The van der Waals surface area contributed by atoms with E-state index in [1.54, 1.807) is 0 Å². The summed E-state index contributed by atoms with van der Waals surface area (Å²) in [6, 6.07) is 0. The molecule has 0 aromatic carbocycles. The molecule has 2 atom stereocenters. The van der Waals surface area contributed by atoms with Crippen molar-refractivity contribution >= 4 is 41.5 Å². The van der Waals surface area contributed by atoms with Crippen molar-refractivity contribution in [3.63, 3.8) is 0 Å². The highest BCUT2D eigenvalue weighted by Gasteiger charge is 2.36. The van der Waals surface area contributed by atoms with E-state index in [0.29, 0.717) is 0 Å². The quantitative estimate of drug-likeness (QED) is 0.134. The fourth-order valence-corrected chi connectivity index (χ4v) is 2.08. The lowest BCUT2D eigenvalue weighted by Crippen LogP contribution is -2.47. The Kier molecular flexibility index (Phi) is 10.2. The van der Waals surface area contributed by atoms with Crippen molar-refractivity contribution in [2.24, 2.45) is 9.98 Å². The summed E-state index contributed by atoms with van der Waals surface area (Å²) in [7, 11) is 0. The first-order valence-electron chi connectivity index (χ1n) is 8.35. The Morgan fingerprint density at radius 1 is 0.677 bits per heavy atom. The summed E-state index contributed by atoms with van der Waals surface area (Å²) < 4.78 is 0. The molecule has 0 radical (unpaired) electrons. The van der Waals surface area contributed by atoms with Crippen molar-refractivity contribution in [3.05, 3.63) is 0 Å². The minimum Gasteiger partial charge on any atom is -0.862 e. The van der Waals surface area contributed by atoms with Gasteiger partial charge in [0.05, 0.1) is 6.54 Å². The third-order valence-electron chi connectivity index (χ3n) is 3.67. The van der Waals surface area contributed by atoms with Crippen molar-refractivity contribution in [2.75, 3.05) is 13.1 Å². The number of carbonyl (C=O) groups excluding carboxylic acids is 3. The number of carboxylic acid groups (broad SMARTS) is 4. The molecule has 174 valence electrons. The van der Waals surface area contributed by atoms with E-state index < -0.39 is 97.9 Å². The number of Topliss-reactive ketones (excluding diaryl/α,β-unsaturated/α-hetero) is 1. The molecule has 0 rings (SSSR count). The molecule has 0 saturated carbocycles. The zero-order chi connectivity index (χ0) is 24.4. The van der Waals surface area contributed by atoms with E-state index >= 15 is 0 Å². The summed E-state index contributed by atoms with van der Waals surface area (Å²) in [5, 5.41) is 81.0. The number of nitrogens with zero attached hydrogens (tertiary/aromatic N) is 2. The highest BCUT2D eigenvalue weighted by atomic mass is 16.4. The van der Waals surface area contributed by atoms with E-state index in [1.165, 1.54) is 0 Å². The maximum Gasteiger partial charge on any atom is 0.336 e. The van der Waals surface area contributed by atoms with Crippen LogP contribution in [0.4, 0.5) is 0 Å². The first-order chi connectivity index (χ1) is 14.1. The molecule has 31 heavy (non-hydrogen) atoms. The zero-order valence-electron chi connectivity index (χ0n) is 15.8. The maximum atomic E-state index is 11.6. The predicted molar refractivity (Wildman–Crippen MR) is 87.9 cm³/mol. The molecular formula is C16H18N2O13-4. The van der Waals surface area contributed by atoms with Crippen LogP contribution in [-0.2, 0) is 24.0 Å². The highest BCUT2D eigenvalue weighted by molar-refractivity contribution is 5.90. The number of carboxylic acids is 4. The molecule has 15 heteroatoms. The second-order valence-electron chi connectivity index (χ2n) is 6.40. The second-order valence-corrected chi connectivity index (χ2v) is 6.40. The molecule has 4 N–H and O–H groups in total. The number of carbonyl (C=O) groups is 5. The minimum absolute atomic E-state index is 0.489. The Morgan fingerprint density at radius 2 is 1.06 bits per heavy atom. The Bertz CT molecular complexity index is 790. The zero-order valence-corrected chi connectivity index (χ0v) is 15.8. The van der Waals surface area contributed by atoms with E-state index in [2.05, 4.69) is 9.98 Å². The Balaban J connectivity index is 4.80. The van der Waals surface area contributed by atoms with Gasteiger partial charge < -0.3 is 55.4 Å².